The number of amides is 1. The first-order valence-electron chi connectivity index (χ1n) is 6.41. The van der Waals surface area contributed by atoms with E-state index in [2.05, 4.69) is 0 Å². The molecule has 4 heteroatoms. The first kappa shape index (κ1) is 14.2. The maximum absolute atomic E-state index is 13.3. The van der Waals surface area contributed by atoms with Gasteiger partial charge < -0.3 is 10.6 Å². The van der Waals surface area contributed by atoms with Crippen LogP contribution in [0.1, 0.15) is 11.1 Å². The van der Waals surface area contributed by atoms with Crippen LogP contribution in [-0.2, 0) is 11.3 Å². The number of rotatable bonds is 4. The average molecular weight is 272 g/mol. The molecule has 2 aromatic rings. The molecule has 1 amide bonds. The van der Waals surface area contributed by atoms with Crippen molar-refractivity contribution >= 4 is 11.6 Å². The highest BCUT2D eigenvalue weighted by Gasteiger charge is 2.15. The van der Waals surface area contributed by atoms with E-state index in [0.717, 1.165) is 11.1 Å². The lowest BCUT2D eigenvalue weighted by Crippen LogP contribution is -2.35. The summed E-state index contributed by atoms with van der Waals surface area (Å²) in [4.78, 5) is 13.5. The van der Waals surface area contributed by atoms with Gasteiger partial charge in [0.05, 0.1) is 13.1 Å². The van der Waals surface area contributed by atoms with Gasteiger partial charge in [0.15, 0.2) is 0 Å². The summed E-state index contributed by atoms with van der Waals surface area (Å²) in [5.41, 5.74) is 8.06. The minimum absolute atomic E-state index is 0.109. The third-order valence-corrected chi connectivity index (χ3v) is 3.02. The normalized spacial score (nSPS) is 10.3. The van der Waals surface area contributed by atoms with Crippen molar-refractivity contribution in [3.05, 3.63) is 65.5 Å². The fourth-order valence-electron chi connectivity index (χ4n) is 2.07. The van der Waals surface area contributed by atoms with Crippen LogP contribution >= 0.6 is 0 Å². The van der Waals surface area contributed by atoms with Crippen molar-refractivity contribution < 1.29 is 9.18 Å². The molecule has 0 aliphatic heterocycles. The molecule has 0 aliphatic rings. The first-order valence-corrected chi connectivity index (χ1v) is 6.41. The van der Waals surface area contributed by atoms with Crippen LogP contribution in [0.3, 0.4) is 0 Å². The van der Waals surface area contributed by atoms with Gasteiger partial charge >= 0.3 is 0 Å². The van der Waals surface area contributed by atoms with E-state index < -0.39 is 0 Å². The number of hydrogen-bond acceptors (Lipinski definition) is 2. The van der Waals surface area contributed by atoms with Crippen LogP contribution in [0.15, 0.2) is 48.5 Å². The van der Waals surface area contributed by atoms with Crippen molar-refractivity contribution in [1.29, 1.82) is 0 Å². The van der Waals surface area contributed by atoms with E-state index in [-0.39, 0.29) is 18.3 Å². The number of nitrogens with two attached hydrogens (primary N) is 1. The van der Waals surface area contributed by atoms with Gasteiger partial charge in [-0.25, -0.2) is 4.39 Å². The second-order valence-electron chi connectivity index (χ2n) is 4.65. The molecule has 0 spiro atoms. The smallest absolute Gasteiger partial charge is 0.241 e. The largest absolute Gasteiger partial charge is 0.322 e. The van der Waals surface area contributed by atoms with Crippen molar-refractivity contribution in [2.75, 3.05) is 11.4 Å². The molecule has 0 fully saturated rings. The highest BCUT2D eigenvalue weighted by molar-refractivity contribution is 5.94. The Balaban J connectivity index is 2.31. The first-order chi connectivity index (χ1) is 9.60. The van der Waals surface area contributed by atoms with E-state index in [1.165, 1.54) is 17.0 Å². The maximum atomic E-state index is 13.3. The van der Waals surface area contributed by atoms with Crippen molar-refractivity contribution in [3.8, 4) is 0 Å². The van der Waals surface area contributed by atoms with Gasteiger partial charge in [-0.15, -0.1) is 0 Å². The van der Waals surface area contributed by atoms with Crippen molar-refractivity contribution in [2.45, 2.75) is 13.5 Å². The van der Waals surface area contributed by atoms with Crippen LogP contribution in [0.2, 0.25) is 0 Å². The summed E-state index contributed by atoms with van der Waals surface area (Å²) >= 11 is 0. The average Bonchev–Trinajstić information content (AvgIpc) is 2.44. The summed E-state index contributed by atoms with van der Waals surface area (Å²) in [6.45, 7) is 2.25. The summed E-state index contributed by atoms with van der Waals surface area (Å²) < 4.78 is 13.3. The lowest BCUT2D eigenvalue weighted by Gasteiger charge is -2.22. The molecule has 0 radical (unpaired) electrons. The molecule has 0 bridgehead atoms. The Morgan fingerprint density at radius 2 is 1.95 bits per heavy atom. The number of benzene rings is 2. The highest BCUT2D eigenvalue weighted by atomic mass is 19.1. The summed E-state index contributed by atoms with van der Waals surface area (Å²) in [5.74, 6) is -0.612. The third kappa shape index (κ3) is 3.42. The topological polar surface area (TPSA) is 46.3 Å². The van der Waals surface area contributed by atoms with Crippen LogP contribution in [0.5, 0.6) is 0 Å². The Kier molecular flexibility index (Phi) is 4.48. The fraction of sp³-hybridized carbons (Fsp3) is 0.188. The lowest BCUT2D eigenvalue weighted by molar-refractivity contribution is -0.117. The van der Waals surface area contributed by atoms with E-state index in [1.54, 1.807) is 12.1 Å². The zero-order valence-electron chi connectivity index (χ0n) is 11.3. The molecular formula is C16H17FN2O. The summed E-state index contributed by atoms with van der Waals surface area (Å²) in [6, 6.07) is 13.8. The van der Waals surface area contributed by atoms with Crippen LogP contribution in [0.4, 0.5) is 10.1 Å². The molecule has 0 unspecified atom stereocenters. The molecule has 0 aliphatic carbocycles. The molecule has 0 aromatic heterocycles. The lowest BCUT2D eigenvalue weighted by atomic mass is 10.1. The molecule has 2 aromatic carbocycles. The SMILES string of the molecule is Cc1cccc(CN(C(=O)CN)c2cccc(F)c2)c1. The number of nitrogens with zero attached hydrogens (tertiary/aromatic N) is 1. The van der Waals surface area contributed by atoms with E-state index in [0.29, 0.717) is 12.2 Å². The molecule has 3 nitrogen and oxygen atoms in total. The van der Waals surface area contributed by atoms with Crippen molar-refractivity contribution in [1.82, 2.24) is 0 Å². The minimum Gasteiger partial charge on any atom is -0.322 e. The molecule has 0 atom stereocenters. The standard InChI is InChI=1S/C16H17FN2O/c1-12-4-2-5-13(8-12)11-19(16(20)10-18)15-7-3-6-14(17)9-15/h2-9H,10-11,18H2,1H3. The van der Waals surface area contributed by atoms with Crippen LogP contribution in [0, 0.1) is 12.7 Å². The van der Waals surface area contributed by atoms with Gasteiger partial charge in [-0.1, -0.05) is 35.9 Å². The summed E-state index contributed by atoms with van der Waals surface area (Å²) in [6.07, 6.45) is 0. The Morgan fingerprint density at radius 1 is 1.20 bits per heavy atom. The fourth-order valence-corrected chi connectivity index (χ4v) is 2.07. The highest BCUT2D eigenvalue weighted by Crippen LogP contribution is 2.19. The minimum atomic E-state index is -0.374. The van der Waals surface area contributed by atoms with Crippen LogP contribution in [-0.4, -0.2) is 12.5 Å². The Morgan fingerprint density at radius 3 is 2.60 bits per heavy atom. The molecule has 2 N–H and O–H groups in total. The van der Waals surface area contributed by atoms with Crippen LogP contribution in [0.25, 0.3) is 0 Å². The number of carbonyl (C=O) groups excluding carboxylic acids is 1. The molecule has 0 heterocycles. The Labute approximate surface area is 117 Å². The van der Waals surface area contributed by atoms with E-state index >= 15 is 0 Å². The van der Waals surface area contributed by atoms with E-state index in [1.807, 2.05) is 31.2 Å². The molecular weight excluding hydrogens is 255 g/mol. The van der Waals surface area contributed by atoms with Gasteiger partial charge in [-0.05, 0) is 30.7 Å². The zero-order valence-corrected chi connectivity index (χ0v) is 11.3. The quantitative estimate of drug-likeness (QED) is 0.930. The van der Waals surface area contributed by atoms with Gasteiger partial charge in [-0.2, -0.15) is 0 Å². The maximum Gasteiger partial charge on any atom is 0.241 e. The third-order valence-electron chi connectivity index (χ3n) is 3.02. The van der Waals surface area contributed by atoms with Gasteiger partial charge in [0, 0.05) is 5.69 Å². The predicted molar refractivity (Wildman–Crippen MR) is 77.8 cm³/mol. The number of halogens is 1. The molecule has 2 rings (SSSR count). The number of hydrogen-bond donors (Lipinski definition) is 1. The number of carbonyl (C=O) groups is 1. The van der Waals surface area contributed by atoms with Crippen molar-refractivity contribution in [2.24, 2.45) is 5.73 Å². The van der Waals surface area contributed by atoms with Crippen molar-refractivity contribution in [3.63, 3.8) is 0 Å². The van der Waals surface area contributed by atoms with Gasteiger partial charge in [0.25, 0.3) is 0 Å². The molecule has 20 heavy (non-hydrogen) atoms. The molecule has 0 saturated carbocycles. The predicted octanol–water partition coefficient (Wildman–Crippen LogP) is 2.63. The summed E-state index contributed by atoms with van der Waals surface area (Å²) in [7, 11) is 0. The monoisotopic (exact) mass is 272 g/mol. The molecule has 0 saturated heterocycles. The van der Waals surface area contributed by atoms with E-state index in [9.17, 15) is 9.18 Å². The molecule has 104 valence electrons. The number of anilines is 1. The second kappa shape index (κ2) is 6.30. The van der Waals surface area contributed by atoms with Gasteiger partial charge in [0.1, 0.15) is 5.82 Å². The Hall–Kier alpha value is -2.20. The zero-order chi connectivity index (χ0) is 14.5. The second-order valence-corrected chi connectivity index (χ2v) is 4.65. The number of aryl methyl sites for hydroxylation is 1. The van der Waals surface area contributed by atoms with E-state index in [4.69, 9.17) is 5.73 Å². The van der Waals surface area contributed by atoms with Crippen LogP contribution < -0.4 is 10.6 Å². The van der Waals surface area contributed by atoms with Gasteiger partial charge in [-0.3, -0.25) is 4.79 Å². The Bertz CT molecular complexity index is 613. The summed E-state index contributed by atoms with van der Waals surface area (Å²) in [5, 5.41) is 0. The van der Waals surface area contributed by atoms with Gasteiger partial charge in [0.2, 0.25) is 5.91 Å².